The Hall–Kier alpha value is -1.66. The number of halogens is 1. The summed E-state index contributed by atoms with van der Waals surface area (Å²) in [6, 6.07) is 2.68. The number of amides is 1. The van der Waals surface area contributed by atoms with E-state index in [1.54, 1.807) is 11.8 Å². The van der Waals surface area contributed by atoms with E-state index in [4.69, 9.17) is 10.5 Å². The molecule has 6 heteroatoms. The van der Waals surface area contributed by atoms with Gasteiger partial charge in [0.15, 0.2) is 0 Å². The molecule has 0 spiro atoms. The van der Waals surface area contributed by atoms with Gasteiger partial charge in [-0.3, -0.25) is 4.79 Å². The maximum Gasteiger partial charge on any atom is 0.254 e. The maximum absolute atomic E-state index is 13.7. The number of aliphatic hydroxyl groups excluding tert-OH is 1. The monoisotopic (exact) mass is 296 g/mol. The van der Waals surface area contributed by atoms with Gasteiger partial charge in [0, 0.05) is 29.9 Å². The molecule has 0 bridgehead atoms. The molecular formula is C15H21FN2O3. The third-order valence-corrected chi connectivity index (χ3v) is 3.60. The molecule has 1 unspecified atom stereocenters. The van der Waals surface area contributed by atoms with Crippen LogP contribution in [0.25, 0.3) is 0 Å². The Labute approximate surface area is 123 Å². The first kappa shape index (κ1) is 15.7. The van der Waals surface area contributed by atoms with Gasteiger partial charge < -0.3 is 20.5 Å². The lowest BCUT2D eigenvalue weighted by molar-refractivity contribution is -0.139. The molecule has 21 heavy (non-hydrogen) atoms. The highest BCUT2D eigenvalue weighted by Crippen LogP contribution is 2.24. The molecule has 0 saturated carbocycles. The van der Waals surface area contributed by atoms with Crippen LogP contribution in [0.3, 0.4) is 0 Å². The van der Waals surface area contributed by atoms with Crippen LogP contribution < -0.4 is 5.73 Å². The van der Waals surface area contributed by atoms with Crippen LogP contribution in [0.1, 0.15) is 29.8 Å². The quantitative estimate of drug-likeness (QED) is 0.807. The van der Waals surface area contributed by atoms with Gasteiger partial charge in [-0.2, -0.15) is 0 Å². The number of nitrogen functional groups attached to an aromatic ring is 1. The van der Waals surface area contributed by atoms with Crippen molar-refractivity contribution in [3.63, 3.8) is 0 Å². The lowest BCUT2D eigenvalue weighted by Gasteiger charge is -2.42. The van der Waals surface area contributed by atoms with Crippen molar-refractivity contribution in [2.24, 2.45) is 0 Å². The normalized spacial score (nSPS) is 21.4. The first-order chi connectivity index (χ1) is 9.73. The summed E-state index contributed by atoms with van der Waals surface area (Å²) in [5.41, 5.74) is 5.96. The van der Waals surface area contributed by atoms with Crippen LogP contribution >= 0.6 is 0 Å². The van der Waals surface area contributed by atoms with Crippen LogP contribution in [0, 0.1) is 12.7 Å². The smallest absolute Gasteiger partial charge is 0.254 e. The van der Waals surface area contributed by atoms with Crippen LogP contribution in [0.5, 0.6) is 0 Å². The van der Waals surface area contributed by atoms with Crippen LogP contribution in [0.2, 0.25) is 0 Å². The highest BCUT2D eigenvalue weighted by atomic mass is 19.1. The standard InChI is InChI=1S/C15H21FN2O3/c1-9-12(16)4-10(5-13(9)17)14(20)18-6-11(7-19)21-15(2,3)8-18/h4-5,11,19H,6-8,17H2,1-3H3. The van der Waals surface area contributed by atoms with Gasteiger partial charge in [-0.1, -0.05) is 0 Å². The number of anilines is 1. The number of carbonyl (C=O) groups excluding carboxylic acids is 1. The Kier molecular flexibility index (Phi) is 4.20. The van der Waals surface area contributed by atoms with Gasteiger partial charge in [-0.25, -0.2) is 4.39 Å². The van der Waals surface area contributed by atoms with Crippen molar-refractivity contribution < 1.29 is 19.0 Å². The third kappa shape index (κ3) is 3.33. The summed E-state index contributed by atoms with van der Waals surface area (Å²) in [6.45, 7) is 5.74. The van der Waals surface area contributed by atoms with E-state index in [2.05, 4.69) is 0 Å². The molecule has 3 N–H and O–H groups in total. The second-order valence-corrected chi connectivity index (χ2v) is 6.04. The number of hydrogen-bond acceptors (Lipinski definition) is 4. The van der Waals surface area contributed by atoms with E-state index in [1.165, 1.54) is 12.1 Å². The zero-order valence-corrected chi connectivity index (χ0v) is 12.5. The Morgan fingerprint density at radius 3 is 2.81 bits per heavy atom. The second-order valence-electron chi connectivity index (χ2n) is 6.04. The van der Waals surface area contributed by atoms with Gasteiger partial charge in [0.05, 0.1) is 18.3 Å². The average molecular weight is 296 g/mol. The van der Waals surface area contributed by atoms with Gasteiger partial charge in [0.2, 0.25) is 0 Å². The summed E-state index contributed by atoms with van der Waals surface area (Å²) < 4.78 is 19.4. The number of carbonyl (C=O) groups is 1. The average Bonchev–Trinajstić information content (AvgIpc) is 2.41. The lowest BCUT2D eigenvalue weighted by Crippen LogP contribution is -2.55. The van der Waals surface area contributed by atoms with Crippen molar-refractivity contribution in [2.45, 2.75) is 32.5 Å². The SMILES string of the molecule is Cc1c(N)cc(C(=O)N2CC(CO)OC(C)(C)C2)cc1F. The predicted molar refractivity (Wildman–Crippen MR) is 77.5 cm³/mol. The van der Waals surface area contributed by atoms with Crippen molar-refractivity contribution in [3.05, 3.63) is 29.1 Å². The molecule has 116 valence electrons. The fourth-order valence-electron chi connectivity index (χ4n) is 2.55. The van der Waals surface area contributed by atoms with E-state index >= 15 is 0 Å². The van der Waals surface area contributed by atoms with E-state index in [0.29, 0.717) is 12.1 Å². The number of nitrogens with zero attached hydrogens (tertiary/aromatic N) is 1. The number of aliphatic hydroxyl groups is 1. The van der Waals surface area contributed by atoms with Crippen LogP contribution in [0.4, 0.5) is 10.1 Å². The third-order valence-electron chi connectivity index (χ3n) is 3.60. The molecule has 1 aliphatic rings. The molecule has 0 radical (unpaired) electrons. The first-order valence-electron chi connectivity index (χ1n) is 6.87. The maximum atomic E-state index is 13.7. The number of nitrogens with two attached hydrogens (primary N) is 1. The summed E-state index contributed by atoms with van der Waals surface area (Å²) in [5, 5.41) is 9.28. The topological polar surface area (TPSA) is 75.8 Å². The summed E-state index contributed by atoms with van der Waals surface area (Å²) in [7, 11) is 0. The minimum absolute atomic E-state index is 0.169. The molecular weight excluding hydrogens is 275 g/mol. The Morgan fingerprint density at radius 1 is 1.57 bits per heavy atom. The number of rotatable bonds is 2. The van der Waals surface area contributed by atoms with Gasteiger partial charge in [0.25, 0.3) is 5.91 Å². The van der Waals surface area contributed by atoms with Crippen molar-refractivity contribution in [1.82, 2.24) is 4.90 Å². The Bertz CT molecular complexity index is 537. The van der Waals surface area contributed by atoms with E-state index in [0.717, 1.165) is 0 Å². The molecule has 0 aromatic heterocycles. The first-order valence-corrected chi connectivity index (χ1v) is 6.87. The van der Waals surface area contributed by atoms with Crippen molar-refractivity contribution in [1.29, 1.82) is 0 Å². The minimum atomic E-state index is -0.559. The highest BCUT2D eigenvalue weighted by molar-refractivity contribution is 5.95. The number of ether oxygens (including phenoxy) is 1. The molecule has 1 heterocycles. The van der Waals surface area contributed by atoms with Gasteiger partial charge in [-0.05, 0) is 32.9 Å². The molecule has 1 atom stereocenters. The molecule has 1 aromatic carbocycles. The van der Waals surface area contributed by atoms with E-state index in [1.807, 2.05) is 13.8 Å². The van der Waals surface area contributed by atoms with Gasteiger partial charge in [0.1, 0.15) is 5.82 Å². The lowest BCUT2D eigenvalue weighted by atomic mass is 10.0. The van der Waals surface area contributed by atoms with Crippen molar-refractivity contribution >= 4 is 11.6 Å². The number of benzene rings is 1. The second kappa shape index (κ2) is 5.61. The van der Waals surface area contributed by atoms with Crippen LogP contribution in [0.15, 0.2) is 12.1 Å². The number of morpholine rings is 1. The number of hydrogen-bond donors (Lipinski definition) is 2. The highest BCUT2D eigenvalue weighted by Gasteiger charge is 2.35. The fourth-order valence-corrected chi connectivity index (χ4v) is 2.55. The largest absolute Gasteiger partial charge is 0.398 e. The van der Waals surface area contributed by atoms with E-state index in [-0.39, 0.29) is 30.3 Å². The van der Waals surface area contributed by atoms with Gasteiger partial charge in [-0.15, -0.1) is 0 Å². The molecule has 1 aliphatic heterocycles. The van der Waals surface area contributed by atoms with Crippen molar-refractivity contribution in [3.8, 4) is 0 Å². The molecule has 0 aliphatic carbocycles. The molecule has 1 amide bonds. The van der Waals surface area contributed by atoms with Crippen LogP contribution in [-0.2, 0) is 4.74 Å². The zero-order chi connectivity index (χ0) is 15.8. The molecule has 1 saturated heterocycles. The summed E-state index contributed by atoms with van der Waals surface area (Å²) in [4.78, 5) is 14.1. The van der Waals surface area contributed by atoms with Crippen LogP contribution in [-0.4, -0.2) is 47.3 Å². The molecule has 1 fully saturated rings. The minimum Gasteiger partial charge on any atom is -0.398 e. The Balaban J connectivity index is 2.27. The molecule has 2 rings (SSSR count). The summed E-state index contributed by atoms with van der Waals surface area (Å²) in [5.74, 6) is -0.806. The van der Waals surface area contributed by atoms with E-state index < -0.39 is 17.5 Å². The summed E-state index contributed by atoms with van der Waals surface area (Å²) >= 11 is 0. The fraction of sp³-hybridized carbons (Fsp3) is 0.533. The Morgan fingerprint density at radius 2 is 2.24 bits per heavy atom. The van der Waals surface area contributed by atoms with Gasteiger partial charge >= 0.3 is 0 Å². The molecule has 1 aromatic rings. The zero-order valence-electron chi connectivity index (χ0n) is 12.5. The summed E-state index contributed by atoms with van der Waals surface area (Å²) in [6.07, 6.45) is -0.439. The molecule has 5 nitrogen and oxygen atoms in total. The van der Waals surface area contributed by atoms with E-state index in [9.17, 15) is 14.3 Å². The van der Waals surface area contributed by atoms with Crippen molar-refractivity contribution in [2.75, 3.05) is 25.4 Å². The predicted octanol–water partition coefficient (Wildman–Crippen LogP) is 1.33.